The Kier molecular flexibility index (Phi) is 13.4. The van der Waals surface area contributed by atoms with Crippen molar-refractivity contribution in [3.05, 3.63) is 41.5 Å². The van der Waals surface area contributed by atoms with Crippen LogP contribution in [0.5, 0.6) is 0 Å². The van der Waals surface area contributed by atoms with Gasteiger partial charge >= 0.3 is 0 Å². The Morgan fingerprint density at radius 2 is 1.83 bits per heavy atom. The fourth-order valence-electron chi connectivity index (χ4n) is 4.04. The second kappa shape index (κ2) is 15.2. The molecule has 0 saturated carbocycles. The van der Waals surface area contributed by atoms with Gasteiger partial charge in [0.2, 0.25) is 0 Å². The maximum atomic E-state index is 13.4. The molecule has 1 aliphatic heterocycles. The quantitative estimate of drug-likeness (QED) is 0.378. The summed E-state index contributed by atoms with van der Waals surface area (Å²) in [7, 11) is 0. The number of Topliss-reactive ketones (excluding diaryl/α,β-unsaturated/α-hetero) is 1. The van der Waals surface area contributed by atoms with E-state index >= 15 is 0 Å². The van der Waals surface area contributed by atoms with Crippen LogP contribution >= 0.6 is 12.3 Å². The Balaban J connectivity index is 0.000000844. The van der Waals surface area contributed by atoms with Gasteiger partial charge in [0.05, 0.1) is 17.5 Å². The second-order valence-electron chi connectivity index (χ2n) is 9.82. The third kappa shape index (κ3) is 7.92. The molecule has 7 heteroatoms. The lowest BCUT2D eigenvalue weighted by atomic mass is 9.87. The fourth-order valence-corrected chi connectivity index (χ4v) is 4.38. The van der Waals surface area contributed by atoms with Crippen molar-refractivity contribution in [2.45, 2.75) is 94.9 Å². The van der Waals surface area contributed by atoms with Gasteiger partial charge in [-0.2, -0.15) is 0 Å². The van der Waals surface area contributed by atoms with Crippen LogP contribution in [0.2, 0.25) is 0 Å². The number of hydrogen-bond donors (Lipinski definition) is 0. The normalized spacial score (nSPS) is 17.1. The fraction of sp³-hybridized carbons (Fsp3) is 0.621. The van der Waals surface area contributed by atoms with Crippen LogP contribution in [0.1, 0.15) is 111 Å². The molecule has 0 amide bonds. The molecule has 0 bridgehead atoms. The third-order valence-electron chi connectivity index (χ3n) is 5.68. The topological polar surface area (TPSA) is 51.0 Å². The summed E-state index contributed by atoms with van der Waals surface area (Å²) in [4.78, 5) is 24.6. The lowest BCUT2D eigenvalue weighted by molar-refractivity contribution is 0.0860. The minimum atomic E-state index is -0.582. The highest BCUT2D eigenvalue weighted by Crippen LogP contribution is 2.33. The number of likely N-dealkylation sites (tertiary alicyclic amines) is 1. The SMILES string of the molecule is CC.CC.CC1CCN(C2=CC(c3cnc4c(n3)c(C(=O)C(C)(C)C)cn4SF)=CCC2)C1.CCC. The van der Waals surface area contributed by atoms with Crippen molar-refractivity contribution in [1.82, 2.24) is 18.8 Å². The van der Waals surface area contributed by atoms with Gasteiger partial charge in [0.1, 0.15) is 5.52 Å². The van der Waals surface area contributed by atoms with Gasteiger partial charge < -0.3 is 4.90 Å². The van der Waals surface area contributed by atoms with E-state index in [-0.39, 0.29) is 18.1 Å². The first-order chi connectivity index (χ1) is 17.2. The van der Waals surface area contributed by atoms with Crippen molar-refractivity contribution >= 4 is 34.9 Å². The van der Waals surface area contributed by atoms with E-state index in [2.05, 4.69) is 42.8 Å². The van der Waals surface area contributed by atoms with Gasteiger partial charge in [-0.1, -0.05) is 81.7 Å². The molecule has 36 heavy (non-hydrogen) atoms. The van der Waals surface area contributed by atoms with Crippen LogP contribution in [0.4, 0.5) is 3.89 Å². The largest absolute Gasteiger partial charge is 0.375 e. The van der Waals surface area contributed by atoms with E-state index in [0.29, 0.717) is 16.7 Å². The number of halogens is 1. The Labute approximate surface area is 223 Å². The molecule has 1 aliphatic carbocycles. The molecule has 1 fully saturated rings. The first kappa shape index (κ1) is 31.9. The van der Waals surface area contributed by atoms with E-state index in [1.807, 2.05) is 48.5 Å². The minimum absolute atomic E-state index is 0.0347. The number of fused-ring (bicyclic) bond motifs is 1. The van der Waals surface area contributed by atoms with Crippen molar-refractivity contribution < 1.29 is 8.68 Å². The summed E-state index contributed by atoms with van der Waals surface area (Å²) < 4.78 is 14.7. The summed E-state index contributed by atoms with van der Waals surface area (Å²) in [5, 5.41) is 0. The van der Waals surface area contributed by atoms with Gasteiger partial charge in [-0.25, -0.2) is 13.9 Å². The summed E-state index contributed by atoms with van der Waals surface area (Å²) in [5.41, 5.74) is 3.77. The molecule has 3 heterocycles. The monoisotopic (exact) mass is 518 g/mol. The van der Waals surface area contributed by atoms with Crippen LogP contribution in [-0.2, 0) is 0 Å². The van der Waals surface area contributed by atoms with E-state index in [1.165, 1.54) is 28.7 Å². The predicted octanol–water partition coefficient (Wildman–Crippen LogP) is 8.91. The van der Waals surface area contributed by atoms with E-state index in [4.69, 9.17) is 4.98 Å². The Morgan fingerprint density at radius 3 is 2.36 bits per heavy atom. The van der Waals surface area contributed by atoms with Gasteiger partial charge in [0, 0.05) is 30.4 Å². The molecule has 1 atom stereocenters. The zero-order valence-corrected chi connectivity index (χ0v) is 24.9. The maximum absolute atomic E-state index is 13.4. The highest BCUT2D eigenvalue weighted by molar-refractivity contribution is 7.92. The number of carbonyl (C=O) groups excluding carboxylic acids is 1. The molecule has 0 N–H and O–H groups in total. The van der Waals surface area contributed by atoms with Gasteiger partial charge in [0.25, 0.3) is 0 Å². The molecule has 2 aromatic rings. The molecule has 1 saturated heterocycles. The van der Waals surface area contributed by atoms with Gasteiger partial charge in [-0.05, 0) is 36.8 Å². The molecule has 5 nitrogen and oxygen atoms in total. The molecule has 2 aromatic heterocycles. The van der Waals surface area contributed by atoms with Crippen molar-refractivity contribution in [2.24, 2.45) is 11.3 Å². The van der Waals surface area contributed by atoms with Gasteiger partial charge in [-0.3, -0.25) is 4.79 Å². The number of aromatic nitrogens is 3. The van der Waals surface area contributed by atoms with Gasteiger partial charge in [-0.15, -0.1) is 3.89 Å². The molecule has 202 valence electrons. The summed E-state index contributed by atoms with van der Waals surface area (Å²) in [6, 6.07) is 0. The van der Waals surface area contributed by atoms with Crippen molar-refractivity contribution in [1.29, 1.82) is 0 Å². The van der Waals surface area contributed by atoms with Crippen molar-refractivity contribution in [3.63, 3.8) is 0 Å². The van der Waals surface area contributed by atoms with Gasteiger partial charge in [0.15, 0.2) is 23.8 Å². The lowest BCUT2D eigenvalue weighted by Crippen LogP contribution is -2.21. The van der Waals surface area contributed by atoms with Crippen LogP contribution in [0.25, 0.3) is 16.7 Å². The molecular formula is C29H47FN4OS. The smallest absolute Gasteiger partial charge is 0.172 e. The molecule has 0 aromatic carbocycles. The molecule has 4 rings (SSSR count). The average molecular weight is 519 g/mol. The number of nitrogens with zero attached hydrogens (tertiary/aromatic N) is 4. The summed E-state index contributed by atoms with van der Waals surface area (Å²) in [6.07, 6.45) is 12.0. The van der Waals surface area contributed by atoms with Crippen LogP contribution in [0.3, 0.4) is 0 Å². The van der Waals surface area contributed by atoms with E-state index in [0.717, 1.165) is 43.1 Å². The Hall–Kier alpha value is -2.15. The Morgan fingerprint density at radius 1 is 1.19 bits per heavy atom. The summed E-state index contributed by atoms with van der Waals surface area (Å²) in [5.74, 6) is 0.659. The van der Waals surface area contributed by atoms with Crippen LogP contribution in [0, 0.1) is 11.3 Å². The number of allylic oxidation sites excluding steroid dienone is 4. The zero-order valence-electron chi connectivity index (χ0n) is 24.1. The highest BCUT2D eigenvalue weighted by Gasteiger charge is 2.28. The maximum Gasteiger partial charge on any atom is 0.172 e. The highest BCUT2D eigenvalue weighted by atomic mass is 32.2. The lowest BCUT2D eigenvalue weighted by Gasteiger charge is -2.24. The second-order valence-corrected chi connectivity index (χ2v) is 10.4. The molecule has 2 aliphatic rings. The van der Waals surface area contributed by atoms with E-state index in [9.17, 15) is 8.68 Å². The molecular weight excluding hydrogens is 471 g/mol. The molecule has 1 unspecified atom stereocenters. The number of ketones is 1. The van der Waals surface area contributed by atoms with Crippen LogP contribution < -0.4 is 0 Å². The first-order valence-corrected chi connectivity index (χ1v) is 14.2. The predicted molar refractivity (Wildman–Crippen MR) is 155 cm³/mol. The van der Waals surface area contributed by atoms with Crippen molar-refractivity contribution in [3.8, 4) is 0 Å². The third-order valence-corrected chi connectivity index (χ3v) is 6.10. The standard InChI is InChI=1S/C22H27FN4OS.C3H8.2C2H6/c1-14-8-9-26(12-14)16-7-5-6-15(10-16)18-11-24-21-19(25-18)17(13-27(21)29-23)20(28)22(2,3)4;1-3-2;2*1-2/h6,10-11,13-14H,5,7-9,12H2,1-4H3;3H2,1-2H3;2*1-2H3. The Bertz CT molecular complexity index is 1040. The zero-order chi connectivity index (χ0) is 27.5. The van der Waals surface area contributed by atoms with E-state index < -0.39 is 5.41 Å². The van der Waals surface area contributed by atoms with Crippen LogP contribution in [-0.4, -0.2) is 37.7 Å². The summed E-state index contributed by atoms with van der Waals surface area (Å²) in [6.45, 7) is 22.3. The average Bonchev–Trinajstić information content (AvgIpc) is 3.49. The van der Waals surface area contributed by atoms with Crippen molar-refractivity contribution in [2.75, 3.05) is 13.1 Å². The number of hydrogen-bond acceptors (Lipinski definition) is 5. The number of rotatable bonds is 4. The molecule has 0 spiro atoms. The number of carbonyl (C=O) groups is 1. The first-order valence-electron chi connectivity index (χ1n) is 13.6. The molecule has 0 radical (unpaired) electrons. The minimum Gasteiger partial charge on any atom is -0.375 e. The van der Waals surface area contributed by atoms with Crippen LogP contribution in [0.15, 0.2) is 30.2 Å². The van der Waals surface area contributed by atoms with E-state index in [1.54, 1.807) is 6.20 Å². The summed E-state index contributed by atoms with van der Waals surface area (Å²) >= 11 is 0.0347.